The maximum atomic E-state index is 12.9. The average molecular weight is 392 g/mol. The van der Waals surface area contributed by atoms with Crippen LogP contribution < -0.4 is 10.6 Å². The summed E-state index contributed by atoms with van der Waals surface area (Å²) in [6.45, 7) is -0.499. The number of rotatable bonds is 4. The Balaban J connectivity index is 2.01. The summed E-state index contributed by atoms with van der Waals surface area (Å²) in [6.07, 6.45) is -10.8. The Hall–Kier alpha value is -2.75. The maximum Gasteiger partial charge on any atom is 0.418 e. The van der Waals surface area contributed by atoms with Crippen LogP contribution in [0.4, 0.5) is 36.8 Å². The number of para-hydroxylation sites is 1. The van der Waals surface area contributed by atoms with Gasteiger partial charge in [-0.1, -0.05) is 24.3 Å². The SMILES string of the molecule is O=C(NCC(O)c1cccc(C(F)(F)F)c1)Nc1ccccc1C(F)(F)F. The normalized spacial score (nSPS) is 13.1. The Bertz CT molecular complexity index is 804. The van der Waals surface area contributed by atoms with Gasteiger partial charge in [0.15, 0.2) is 0 Å². The molecule has 4 nitrogen and oxygen atoms in total. The highest BCUT2D eigenvalue weighted by Crippen LogP contribution is 2.34. The quantitative estimate of drug-likeness (QED) is 0.667. The summed E-state index contributed by atoms with van der Waals surface area (Å²) in [7, 11) is 0. The van der Waals surface area contributed by atoms with Gasteiger partial charge in [-0.25, -0.2) is 4.79 Å². The minimum absolute atomic E-state index is 0.0965. The van der Waals surface area contributed by atoms with E-state index in [1.54, 1.807) is 0 Å². The van der Waals surface area contributed by atoms with Gasteiger partial charge in [-0.15, -0.1) is 0 Å². The van der Waals surface area contributed by atoms with Gasteiger partial charge in [0.2, 0.25) is 0 Å². The van der Waals surface area contributed by atoms with Crippen LogP contribution in [0.2, 0.25) is 0 Å². The first kappa shape index (κ1) is 20.6. The first-order chi connectivity index (χ1) is 12.5. The summed E-state index contributed by atoms with van der Waals surface area (Å²) in [5.41, 5.74) is -2.61. The van der Waals surface area contributed by atoms with Crippen molar-refractivity contribution in [1.29, 1.82) is 0 Å². The topological polar surface area (TPSA) is 61.4 Å². The van der Waals surface area contributed by atoms with Gasteiger partial charge >= 0.3 is 18.4 Å². The molecule has 0 saturated heterocycles. The minimum atomic E-state index is -4.68. The van der Waals surface area contributed by atoms with Crippen molar-refractivity contribution in [2.45, 2.75) is 18.5 Å². The fourth-order valence-electron chi connectivity index (χ4n) is 2.24. The number of amides is 2. The van der Waals surface area contributed by atoms with E-state index in [0.717, 1.165) is 36.4 Å². The lowest BCUT2D eigenvalue weighted by Gasteiger charge is -2.16. The molecule has 1 atom stereocenters. The lowest BCUT2D eigenvalue weighted by Crippen LogP contribution is -2.33. The molecule has 10 heteroatoms. The number of aliphatic hydroxyl groups is 1. The molecule has 0 spiro atoms. The number of hydrogen-bond acceptors (Lipinski definition) is 2. The number of alkyl halides is 6. The molecule has 27 heavy (non-hydrogen) atoms. The van der Waals surface area contributed by atoms with Crippen molar-refractivity contribution in [2.24, 2.45) is 0 Å². The van der Waals surface area contributed by atoms with Crippen LogP contribution in [0.25, 0.3) is 0 Å². The van der Waals surface area contributed by atoms with Gasteiger partial charge in [-0.3, -0.25) is 0 Å². The van der Waals surface area contributed by atoms with Crippen LogP contribution in [0.3, 0.4) is 0 Å². The molecule has 0 aromatic heterocycles. The van der Waals surface area contributed by atoms with Crippen LogP contribution in [-0.4, -0.2) is 17.7 Å². The third-order valence-electron chi connectivity index (χ3n) is 3.54. The van der Waals surface area contributed by atoms with Crippen LogP contribution in [0.15, 0.2) is 48.5 Å². The van der Waals surface area contributed by atoms with E-state index in [9.17, 15) is 36.2 Å². The molecule has 2 amide bonds. The lowest BCUT2D eigenvalue weighted by atomic mass is 10.1. The summed E-state index contributed by atoms with van der Waals surface area (Å²) < 4.78 is 76.6. The van der Waals surface area contributed by atoms with Crippen LogP contribution in [-0.2, 0) is 12.4 Å². The van der Waals surface area contributed by atoms with E-state index in [2.05, 4.69) is 5.32 Å². The van der Waals surface area contributed by atoms with Gasteiger partial charge in [-0.2, -0.15) is 26.3 Å². The number of anilines is 1. The molecule has 0 radical (unpaired) electrons. The van der Waals surface area contributed by atoms with Gasteiger partial charge in [0.25, 0.3) is 0 Å². The molecule has 2 rings (SSSR count). The Morgan fingerprint density at radius 2 is 1.63 bits per heavy atom. The van der Waals surface area contributed by atoms with Crippen molar-refractivity contribution < 1.29 is 36.2 Å². The van der Waals surface area contributed by atoms with E-state index in [1.165, 1.54) is 12.1 Å². The summed E-state index contributed by atoms with van der Waals surface area (Å²) in [4.78, 5) is 11.8. The highest BCUT2D eigenvalue weighted by Gasteiger charge is 2.33. The predicted octanol–water partition coefficient (Wildman–Crippen LogP) is 4.58. The molecule has 2 aromatic carbocycles. The third-order valence-corrected chi connectivity index (χ3v) is 3.54. The van der Waals surface area contributed by atoms with E-state index < -0.39 is 47.8 Å². The maximum absolute atomic E-state index is 12.9. The number of hydrogen-bond donors (Lipinski definition) is 3. The number of nitrogens with one attached hydrogen (secondary N) is 2. The number of carbonyl (C=O) groups is 1. The van der Waals surface area contributed by atoms with Crippen molar-refractivity contribution >= 4 is 11.7 Å². The summed E-state index contributed by atoms with van der Waals surface area (Å²) in [5.74, 6) is 0. The average Bonchev–Trinajstić information content (AvgIpc) is 2.58. The molecule has 1 unspecified atom stereocenters. The zero-order chi connectivity index (χ0) is 20.2. The lowest BCUT2D eigenvalue weighted by molar-refractivity contribution is -0.138. The number of aliphatic hydroxyl groups excluding tert-OH is 1. The summed E-state index contributed by atoms with van der Waals surface area (Å²) in [5, 5.41) is 14.0. The summed E-state index contributed by atoms with van der Waals surface area (Å²) >= 11 is 0. The van der Waals surface area contributed by atoms with Crippen LogP contribution in [0.5, 0.6) is 0 Å². The smallest absolute Gasteiger partial charge is 0.387 e. The molecule has 0 bridgehead atoms. The minimum Gasteiger partial charge on any atom is -0.387 e. The Labute approximate surface area is 149 Å². The molecule has 0 heterocycles. The first-order valence-electron chi connectivity index (χ1n) is 7.55. The molecule has 146 valence electrons. The molecular formula is C17H14F6N2O2. The first-order valence-corrected chi connectivity index (χ1v) is 7.55. The fraction of sp³-hybridized carbons (Fsp3) is 0.235. The van der Waals surface area contributed by atoms with Crippen molar-refractivity contribution in [1.82, 2.24) is 5.32 Å². The second kappa shape index (κ2) is 7.87. The van der Waals surface area contributed by atoms with Gasteiger partial charge in [0.05, 0.1) is 22.9 Å². The zero-order valence-electron chi connectivity index (χ0n) is 13.5. The molecule has 3 N–H and O–H groups in total. The van der Waals surface area contributed by atoms with E-state index in [-0.39, 0.29) is 5.56 Å². The fourth-order valence-corrected chi connectivity index (χ4v) is 2.24. The van der Waals surface area contributed by atoms with E-state index >= 15 is 0 Å². The van der Waals surface area contributed by atoms with Gasteiger partial charge < -0.3 is 15.7 Å². The van der Waals surface area contributed by atoms with Gasteiger partial charge in [-0.05, 0) is 29.8 Å². The number of carbonyl (C=O) groups excluding carboxylic acids is 1. The molecule has 2 aromatic rings. The Morgan fingerprint density at radius 1 is 0.963 bits per heavy atom. The van der Waals surface area contributed by atoms with Crippen molar-refractivity contribution in [3.63, 3.8) is 0 Å². The monoisotopic (exact) mass is 392 g/mol. The van der Waals surface area contributed by atoms with Crippen molar-refractivity contribution in [2.75, 3.05) is 11.9 Å². The number of benzene rings is 2. The second-order valence-electron chi connectivity index (χ2n) is 5.52. The molecular weight excluding hydrogens is 378 g/mol. The van der Waals surface area contributed by atoms with Crippen LogP contribution >= 0.6 is 0 Å². The largest absolute Gasteiger partial charge is 0.418 e. The molecule has 0 saturated carbocycles. The summed E-state index contributed by atoms with van der Waals surface area (Å²) in [6, 6.07) is 7.12. The molecule has 0 aliphatic carbocycles. The zero-order valence-corrected chi connectivity index (χ0v) is 13.5. The van der Waals surface area contributed by atoms with Crippen molar-refractivity contribution in [3.8, 4) is 0 Å². The Morgan fingerprint density at radius 3 is 2.26 bits per heavy atom. The van der Waals surface area contributed by atoms with Crippen LogP contribution in [0, 0.1) is 0 Å². The van der Waals surface area contributed by atoms with Crippen molar-refractivity contribution in [3.05, 3.63) is 65.2 Å². The van der Waals surface area contributed by atoms with Gasteiger partial charge in [0, 0.05) is 6.54 Å². The standard InChI is InChI=1S/C17H14F6N2O2/c18-16(19,20)11-5-3-4-10(8-11)14(26)9-24-15(27)25-13-7-2-1-6-12(13)17(21,22)23/h1-8,14,26H,9H2,(H2,24,25,27). The molecule has 0 aliphatic rings. The van der Waals surface area contributed by atoms with E-state index in [0.29, 0.717) is 0 Å². The highest BCUT2D eigenvalue weighted by atomic mass is 19.4. The highest BCUT2D eigenvalue weighted by molar-refractivity contribution is 5.90. The third kappa shape index (κ3) is 5.61. The number of halogens is 6. The number of urea groups is 1. The molecule has 0 aliphatic heterocycles. The van der Waals surface area contributed by atoms with E-state index in [4.69, 9.17) is 0 Å². The van der Waals surface area contributed by atoms with E-state index in [1.807, 2.05) is 5.32 Å². The predicted molar refractivity (Wildman–Crippen MR) is 84.9 cm³/mol. The van der Waals surface area contributed by atoms with Gasteiger partial charge in [0.1, 0.15) is 0 Å². The van der Waals surface area contributed by atoms with Crippen LogP contribution in [0.1, 0.15) is 22.8 Å². The Kier molecular flexibility index (Phi) is 5.99. The second-order valence-corrected chi connectivity index (χ2v) is 5.52. The molecule has 0 fully saturated rings.